The van der Waals surface area contributed by atoms with E-state index in [1.807, 2.05) is 6.92 Å². The normalized spacial score (nSPS) is 30.0. The van der Waals surface area contributed by atoms with Gasteiger partial charge in [-0.15, -0.1) is 0 Å². The van der Waals surface area contributed by atoms with E-state index in [0.717, 1.165) is 25.9 Å². The van der Waals surface area contributed by atoms with Gasteiger partial charge in [-0.1, -0.05) is 6.92 Å². The van der Waals surface area contributed by atoms with Gasteiger partial charge in [0.1, 0.15) is 6.17 Å². The average molecular weight is 145 g/mol. The smallest absolute Gasteiger partial charge is 0.104 e. The van der Waals surface area contributed by atoms with E-state index in [0.29, 0.717) is 12.3 Å². The van der Waals surface area contributed by atoms with Crippen LogP contribution in [0.25, 0.3) is 0 Å². The molecule has 0 bridgehead atoms. The monoisotopic (exact) mass is 145 g/mol. The van der Waals surface area contributed by atoms with E-state index in [1.54, 1.807) is 0 Å². The van der Waals surface area contributed by atoms with Crippen molar-refractivity contribution in [2.24, 2.45) is 5.92 Å². The van der Waals surface area contributed by atoms with Crippen molar-refractivity contribution >= 4 is 0 Å². The molecule has 2 atom stereocenters. The van der Waals surface area contributed by atoms with E-state index in [1.165, 1.54) is 0 Å². The van der Waals surface area contributed by atoms with Crippen LogP contribution >= 0.6 is 0 Å². The van der Waals surface area contributed by atoms with Crippen LogP contribution in [0.4, 0.5) is 4.39 Å². The highest BCUT2D eigenvalue weighted by atomic mass is 19.1. The third-order valence-electron chi connectivity index (χ3n) is 2.24. The molecule has 1 N–H and O–H groups in total. The highest BCUT2D eigenvalue weighted by Crippen LogP contribution is 2.18. The van der Waals surface area contributed by atoms with Crippen molar-refractivity contribution in [3.8, 4) is 0 Å². The summed E-state index contributed by atoms with van der Waals surface area (Å²) in [5, 5.41) is 3.21. The zero-order valence-corrected chi connectivity index (χ0v) is 6.57. The molecule has 0 amide bonds. The Hall–Kier alpha value is -0.110. The second kappa shape index (κ2) is 3.91. The molecule has 1 aliphatic heterocycles. The lowest BCUT2D eigenvalue weighted by Gasteiger charge is -2.24. The first-order valence-corrected chi connectivity index (χ1v) is 4.19. The van der Waals surface area contributed by atoms with Gasteiger partial charge in [0, 0.05) is 12.5 Å². The number of nitrogens with one attached hydrogen (secondary N) is 1. The minimum atomic E-state index is -0.576. The van der Waals surface area contributed by atoms with Gasteiger partial charge >= 0.3 is 0 Å². The molecule has 0 aromatic carbocycles. The molecule has 1 aliphatic rings. The van der Waals surface area contributed by atoms with Crippen LogP contribution in [-0.2, 0) is 0 Å². The van der Waals surface area contributed by atoms with Crippen molar-refractivity contribution in [2.45, 2.75) is 32.4 Å². The molecule has 1 rings (SSSR count). The van der Waals surface area contributed by atoms with Gasteiger partial charge in [-0.3, -0.25) is 0 Å². The van der Waals surface area contributed by atoms with E-state index in [-0.39, 0.29) is 0 Å². The molecule has 2 heteroatoms. The van der Waals surface area contributed by atoms with E-state index in [2.05, 4.69) is 5.32 Å². The van der Waals surface area contributed by atoms with Crippen LogP contribution in [-0.4, -0.2) is 19.3 Å². The van der Waals surface area contributed by atoms with Gasteiger partial charge < -0.3 is 5.32 Å². The summed E-state index contributed by atoms with van der Waals surface area (Å²) >= 11 is 0. The zero-order chi connectivity index (χ0) is 7.40. The molecule has 60 valence electrons. The van der Waals surface area contributed by atoms with Gasteiger partial charge in [0.15, 0.2) is 0 Å². The van der Waals surface area contributed by atoms with Crippen molar-refractivity contribution in [1.29, 1.82) is 0 Å². The molecule has 0 aliphatic carbocycles. The lowest BCUT2D eigenvalue weighted by Crippen LogP contribution is -2.34. The summed E-state index contributed by atoms with van der Waals surface area (Å²) in [6.45, 7) is 3.88. The number of piperidine rings is 1. The van der Waals surface area contributed by atoms with Crippen LogP contribution < -0.4 is 5.32 Å². The van der Waals surface area contributed by atoms with Crippen molar-refractivity contribution < 1.29 is 4.39 Å². The minimum Gasteiger partial charge on any atom is -0.316 e. The molecular formula is C8H16FN. The molecule has 10 heavy (non-hydrogen) atoms. The van der Waals surface area contributed by atoms with Crippen molar-refractivity contribution in [3.05, 3.63) is 0 Å². The number of hydrogen-bond donors (Lipinski definition) is 1. The lowest BCUT2D eigenvalue weighted by molar-refractivity contribution is 0.187. The Morgan fingerprint density at radius 2 is 2.50 bits per heavy atom. The predicted octanol–water partition coefficient (Wildman–Crippen LogP) is 1.73. The van der Waals surface area contributed by atoms with Crippen LogP contribution in [0, 0.1) is 5.92 Å². The summed E-state index contributed by atoms with van der Waals surface area (Å²) in [6, 6.07) is 0. The van der Waals surface area contributed by atoms with Gasteiger partial charge in [0.25, 0.3) is 0 Å². The fraction of sp³-hybridized carbons (Fsp3) is 1.00. The maximum absolute atomic E-state index is 13.0. The van der Waals surface area contributed by atoms with Crippen LogP contribution in [0.15, 0.2) is 0 Å². The SMILES string of the molecule is CC[C@@H](F)[C@H]1CCCNC1. The summed E-state index contributed by atoms with van der Waals surface area (Å²) in [5.74, 6) is 0.291. The Balaban J connectivity index is 2.24. The van der Waals surface area contributed by atoms with Gasteiger partial charge in [-0.25, -0.2) is 4.39 Å². The number of halogens is 1. The van der Waals surface area contributed by atoms with E-state index in [4.69, 9.17) is 0 Å². The standard InChI is InChI=1S/C8H16FN/c1-2-8(9)7-4-3-5-10-6-7/h7-8,10H,2-6H2,1H3/t7-,8+/m0/s1. The van der Waals surface area contributed by atoms with Crippen molar-refractivity contribution in [2.75, 3.05) is 13.1 Å². The quantitative estimate of drug-likeness (QED) is 0.624. The Labute approximate surface area is 62.0 Å². The average Bonchev–Trinajstić information content (AvgIpc) is 2.05. The van der Waals surface area contributed by atoms with Gasteiger partial charge in [0.2, 0.25) is 0 Å². The first kappa shape index (κ1) is 7.99. The molecule has 0 saturated carbocycles. The van der Waals surface area contributed by atoms with Crippen molar-refractivity contribution in [1.82, 2.24) is 5.32 Å². The summed E-state index contributed by atoms with van der Waals surface area (Å²) < 4.78 is 13.0. The maximum atomic E-state index is 13.0. The highest BCUT2D eigenvalue weighted by Gasteiger charge is 2.20. The summed E-state index contributed by atoms with van der Waals surface area (Å²) in [7, 11) is 0. The fourth-order valence-electron chi connectivity index (χ4n) is 1.52. The third-order valence-corrected chi connectivity index (χ3v) is 2.24. The zero-order valence-electron chi connectivity index (χ0n) is 6.57. The summed E-state index contributed by atoms with van der Waals surface area (Å²) in [5.41, 5.74) is 0. The number of alkyl halides is 1. The molecule has 1 heterocycles. The molecule has 1 nitrogen and oxygen atoms in total. The summed E-state index contributed by atoms with van der Waals surface area (Å²) in [4.78, 5) is 0. The van der Waals surface area contributed by atoms with Gasteiger partial charge in [-0.05, 0) is 25.8 Å². The van der Waals surface area contributed by atoms with Crippen LogP contribution in [0.5, 0.6) is 0 Å². The molecule has 0 aromatic rings. The molecule has 1 saturated heterocycles. The fourth-order valence-corrected chi connectivity index (χ4v) is 1.52. The number of hydrogen-bond acceptors (Lipinski definition) is 1. The Morgan fingerprint density at radius 3 is 3.00 bits per heavy atom. The second-order valence-corrected chi connectivity index (χ2v) is 3.03. The molecule has 0 aromatic heterocycles. The van der Waals surface area contributed by atoms with Crippen LogP contribution in [0.1, 0.15) is 26.2 Å². The maximum Gasteiger partial charge on any atom is 0.104 e. The van der Waals surface area contributed by atoms with E-state index >= 15 is 0 Å². The molecule has 0 unspecified atom stereocenters. The topological polar surface area (TPSA) is 12.0 Å². The van der Waals surface area contributed by atoms with Crippen molar-refractivity contribution in [3.63, 3.8) is 0 Å². The van der Waals surface area contributed by atoms with Crippen LogP contribution in [0.3, 0.4) is 0 Å². The highest BCUT2D eigenvalue weighted by molar-refractivity contribution is 4.74. The molecule has 1 fully saturated rings. The van der Waals surface area contributed by atoms with E-state index < -0.39 is 6.17 Å². The third kappa shape index (κ3) is 1.94. The van der Waals surface area contributed by atoms with E-state index in [9.17, 15) is 4.39 Å². The minimum absolute atomic E-state index is 0.291. The van der Waals surface area contributed by atoms with Crippen LogP contribution in [0.2, 0.25) is 0 Å². The molecule has 0 radical (unpaired) electrons. The lowest BCUT2D eigenvalue weighted by atomic mass is 9.93. The Morgan fingerprint density at radius 1 is 1.70 bits per heavy atom. The Bertz CT molecular complexity index is 89.3. The second-order valence-electron chi connectivity index (χ2n) is 3.03. The Kier molecular flexibility index (Phi) is 3.13. The largest absolute Gasteiger partial charge is 0.316 e. The van der Waals surface area contributed by atoms with Gasteiger partial charge in [-0.2, -0.15) is 0 Å². The molecular weight excluding hydrogens is 129 g/mol. The first-order chi connectivity index (χ1) is 4.84. The van der Waals surface area contributed by atoms with Gasteiger partial charge in [0.05, 0.1) is 0 Å². The first-order valence-electron chi connectivity index (χ1n) is 4.19. The number of rotatable bonds is 2. The molecule has 0 spiro atoms. The predicted molar refractivity (Wildman–Crippen MR) is 40.8 cm³/mol. The summed E-state index contributed by atoms with van der Waals surface area (Å²) in [6.07, 6.45) is 2.31.